The number of nitro groups is 1. The van der Waals surface area contributed by atoms with Crippen LogP contribution in [0.5, 0.6) is 0 Å². The maximum atomic E-state index is 12.4. The number of carbonyl (C=O) groups excluding carboxylic acids is 1. The summed E-state index contributed by atoms with van der Waals surface area (Å²) in [5, 5.41) is 26.6. The molecule has 24 heavy (non-hydrogen) atoms. The van der Waals surface area contributed by atoms with Crippen LogP contribution in [-0.2, 0) is 18.3 Å². The molecule has 9 nitrogen and oxygen atoms in total. The smallest absolute Gasteiger partial charge is 0.326 e. The van der Waals surface area contributed by atoms with Crippen molar-refractivity contribution in [2.45, 2.75) is 19.4 Å². The van der Waals surface area contributed by atoms with Gasteiger partial charge in [0.05, 0.1) is 4.92 Å². The lowest BCUT2D eigenvalue weighted by Gasteiger charge is -2.14. The van der Waals surface area contributed by atoms with Gasteiger partial charge in [-0.25, -0.2) is 4.79 Å². The number of carbonyl (C=O) groups is 2. The Kier molecular flexibility index (Phi) is 4.93. The second-order valence-electron chi connectivity index (χ2n) is 5.22. The minimum Gasteiger partial charge on any atom is -0.480 e. The third-order valence-corrected chi connectivity index (χ3v) is 3.47. The number of aliphatic carboxylic acids is 1. The van der Waals surface area contributed by atoms with Crippen LogP contribution in [0.25, 0.3) is 0 Å². The lowest BCUT2D eigenvalue weighted by Crippen LogP contribution is -2.43. The van der Waals surface area contributed by atoms with E-state index in [1.807, 2.05) is 0 Å². The average Bonchev–Trinajstić information content (AvgIpc) is 2.82. The number of amides is 1. The Balaban J connectivity index is 2.26. The molecule has 0 bridgehead atoms. The lowest BCUT2D eigenvalue weighted by atomic mass is 10.1. The molecule has 0 saturated carbocycles. The first kappa shape index (κ1) is 17.1. The van der Waals surface area contributed by atoms with E-state index >= 15 is 0 Å². The standard InChI is InChI=1S/C15H16N4O5/c1-9-12(19(23)24)13(18(2)17-9)14(20)16-11(15(21)22)8-10-6-4-3-5-7-10/h3-7,11H,8H2,1-2H3,(H,16,20)(H,21,22). The van der Waals surface area contributed by atoms with Crippen LogP contribution in [0.4, 0.5) is 5.69 Å². The summed E-state index contributed by atoms with van der Waals surface area (Å²) in [5.74, 6) is -2.08. The van der Waals surface area contributed by atoms with Crippen molar-refractivity contribution in [1.29, 1.82) is 0 Å². The highest BCUT2D eigenvalue weighted by molar-refractivity contribution is 5.98. The number of benzene rings is 1. The summed E-state index contributed by atoms with van der Waals surface area (Å²) in [6.07, 6.45) is 0.0620. The normalized spacial score (nSPS) is 11.8. The largest absolute Gasteiger partial charge is 0.480 e. The summed E-state index contributed by atoms with van der Waals surface area (Å²) in [6.45, 7) is 1.41. The molecule has 0 fully saturated rings. The Labute approximate surface area is 137 Å². The van der Waals surface area contributed by atoms with Crippen LogP contribution in [0.3, 0.4) is 0 Å². The fourth-order valence-corrected chi connectivity index (χ4v) is 2.40. The fourth-order valence-electron chi connectivity index (χ4n) is 2.40. The van der Waals surface area contributed by atoms with E-state index in [4.69, 9.17) is 0 Å². The molecular weight excluding hydrogens is 316 g/mol. The molecule has 1 unspecified atom stereocenters. The first-order valence-electron chi connectivity index (χ1n) is 7.06. The molecule has 126 valence electrons. The molecule has 0 aliphatic heterocycles. The van der Waals surface area contributed by atoms with Crippen molar-refractivity contribution in [3.05, 3.63) is 57.4 Å². The highest BCUT2D eigenvalue weighted by Gasteiger charge is 2.31. The number of hydrogen-bond acceptors (Lipinski definition) is 5. The summed E-state index contributed by atoms with van der Waals surface area (Å²) in [6, 6.07) is 7.56. The Morgan fingerprint density at radius 2 is 2.00 bits per heavy atom. The molecule has 1 atom stereocenters. The molecule has 1 heterocycles. The minimum atomic E-state index is -1.23. The summed E-state index contributed by atoms with van der Waals surface area (Å²) in [7, 11) is 1.39. The molecule has 2 aromatic rings. The van der Waals surface area contributed by atoms with Crippen LogP contribution in [0.1, 0.15) is 21.7 Å². The maximum Gasteiger partial charge on any atom is 0.326 e. The fraction of sp³-hybridized carbons (Fsp3) is 0.267. The van der Waals surface area contributed by atoms with E-state index in [0.29, 0.717) is 0 Å². The number of carboxylic acid groups (broad SMARTS) is 1. The number of hydrogen-bond donors (Lipinski definition) is 2. The predicted molar refractivity (Wildman–Crippen MR) is 83.6 cm³/mol. The zero-order valence-electron chi connectivity index (χ0n) is 13.1. The highest BCUT2D eigenvalue weighted by Crippen LogP contribution is 2.22. The number of nitrogens with zero attached hydrogens (tertiary/aromatic N) is 3. The van der Waals surface area contributed by atoms with Gasteiger partial charge in [-0.05, 0) is 12.5 Å². The van der Waals surface area contributed by atoms with Gasteiger partial charge in [-0.3, -0.25) is 19.6 Å². The summed E-state index contributed by atoms with van der Waals surface area (Å²) < 4.78 is 1.07. The minimum absolute atomic E-state index is 0.0620. The zero-order valence-corrected chi connectivity index (χ0v) is 13.1. The van der Waals surface area contributed by atoms with Crippen molar-refractivity contribution in [3.63, 3.8) is 0 Å². The van der Waals surface area contributed by atoms with Crippen LogP contribution >= 0.6 is 0 Å². The molecule has 0 saturated heterocycles. The Bertz CT molecular complexity index is 785. The summed E-state index contributed by atoms with van der Waals surface area (Å²) in [5.41, 5.74) is 0.0964. The Morgan fingerprint density at radius 3 is 2.54 bits per heavy atom. The van der Waals surface area contributed by atoms with Gasteiger partial charge in [0.25, 0.3) is 5.91 Å². The van der Waals surface area contributed by atoms with Gasteiger partial charge in [0.2, 0.25) is 5.69 Å². The molecule has 0 aliphatic carbocycles. The average molecular weight is 332 g/mol. The van der Waals surface area contributed by atoms with E-state index in [1.165, 1.54) is 14.0 Å². The van der Waals surface area contributed by atoms with E-state index < -0.39 is 28.5 Å². The van der Waals surface area contributed by atoms with Crippen molar-refractivity contribution in [2.75, 3.05) is 0 Å². The first-order chi connectivity index (χ1) is 11.3. The molecule has 0 radical (unpaired) electrons. The SMILES string of the molecule is Cc1nn(C)c(C(=O)NC(Cc2ccccc2)C(=O)O)c1[N+](=O)[O-]. The van der Waals surface area contributed by atoms with Gasteiger partial charge in [0.1, 0.15) is 11.7 Å². The van der Waals surface area contributed by atoms with Crippen molar-refractivity contribution >= 4 is 17.6 Å². The van der Waals surface area contributed by atoms with E-state index in [1.54, 1.807) is 30.3 Å². The van der Waals surface area contributed by atoms with Crippen LogP contribution in [0, 0.1) is 17.0 Å². The molecule has 0 spiro atoms. The molecule has 0 aliphatic rings. The van der Waals surface area contributed by atoms with Gasteiger partial charge < -0.3 is 10.4 Å². The van der Waals surface area contributed by atoms with Crippen LogP contribution in [0.2, 0.25) is 0 Å². The number of carboxylic acids is 1. The Morgan fingerprint density at radius 1 is 1.38 bits per heavy atom. The van der Waals surface area contributed by atoms with E-state index in [2.05, 4.69) is 10.4 Å². The van der Waals surface area contributed by atoms with Crippen LogP contribution in [-0.4, -0.2) is 37.7 Å². The maximum absolute atomic E-state index is 12.4. The predicted octanol–water partition coefficient (Wildman–Crippen LogP) is 1.06. The van der Waals surface area contributed by atoms with Crippen LogP contribution < -0.4 is 5.32 Å². The van der Waals surface area contributed by atoms with Crippen LogP contribution in [0.15, 0.2) is 30.3 Å². The second-order valence-corrected chi connectivity index (χ2v) is 5.22. The number of nitrogens with one attached hydrogen (secondary N) is 1. The first-order valence-corrected chi connectivity index (χ1v) is 7.06. The van der Waals surface area contributed by atoms with Gasteiger partial charge in [0, 0.05) is 13.5 Å². The second kappa shape index (κ2) is 6.90. The number of aromatic nitrogens is 2. The quantitative estimate of drug-likeness (QED) is 0.601. The molecule has 2 rings (SSSR count). The third kappa shape index (κ3) is 3.57. The van der Waals surface area contributed by atoms with E-state index in [9.17, 15) is 24.8 Å². The molecule has 1 aromatic heterocycles. The molecule has 1 aromatic carbocycles. The van der Waals surface area contributed by atoms with E-state index in [-0.39, 0.29) is 17.8 Å². The molecule has 2 N–H and O–H groups in total. The zero-order chi connectivity index (χ0) is 17.9. The third-order valence-electron chi connectivity index (χ3n) is 3.47. The topological polar surface area (TPSA) is 127 Å². The number of aryl methyl sites for hydroxylation is 2. The van der Waals surface area contributed by atoms with Gasteiger partial charge in [-0.15, -0.1) is 0 Å². The van der Waals surface area contributed by atoms with Gasteiger partial charge in [0.15, 0.2) is 0 Å². The van der Waals surface area contributed by atoms with Gasteiger partial charge in [-0.1, -0.05) is 30.3 Å². The highest BCUT2D eigenvalue weighted by atomic mass is 16.6. The molecular formula is C15H16N4O5. The summed E-state index contributed by atoms with van der Waals surface area (Å²) >= 11 is 0. The number of rotatable bonds is 6. The van der Waals surface area contributed by atoms with Crippen molar-refractivity contribution < 1.29 is 19.6 Å². The lowest BCUT2D eigenvalue weighted by molar-refractivity contribution is -0.385. The summed E-state index contributed by atoms with van der Waals surface area (Å²) in [4.78, 5) is 34.2. The van der Waals surface area contributed by atoms with Crippen molar-refractivity contribution in [1.82, 2.24) is 15.1 Å². The van der Waals surface area contributed by atoms with Crippen molar-refractivity contribution in [3.8, 4) is 0 Å². The molecule has 1 amide bonds. The van der Waals surface area contributed by atoms with Crippen molar-refractivity contribution in [2.24, 2.45) is 7.05 Å². The van der Waals surface area contributed by atoms with Gasteiger partial charge >= 0.3 is 11.7 Å². The Hall–Kier alpha value is -3.23. The molecule has 9 heteroatoms. The van der Waals surface area contributed by atoms with Gasteiger partial charge in [-0.2, -0.15) is 5.10 Å². The monoisotopic (exact) mass is 332 g/mol. The van der Waals surface area contributed by atoms with E-state index in [0.717, 1.165) is 10.2 Å².